The Kier molecular flexibility index (Phi) is 6.99. The molecule has 0 saturated carbocycles. The second-order valence-electron chi connectivity index (χ2n) is 4.41. The van der Waals surface area contributed by atoms with E-state index in [0.29, 0.717) is 6.42 Å². The van der Waals surface area contributed by atoms with E-state index in [-0.39, 0.29) is 12.7 Å². The van der Waals surface area contributed by atoms with Gasteiger partial charge in [-0.2, -0.15) is 0 Å². The summed E-state index contributed by atoms with van der Waals surface area (Å²) in [6.45, 7) is 3.65. The van der Waals surface area contributed by atoms with Crippen LogP contribution in [0.5, 0.6) is 0 Å². The predicted octanol–water partition coefficient (Wildman–Crippen LogP) is 1.68. The Labute approximate surface area is 113 Å². The van der Waals surface area contributed by atoms with Crippen molar-refractivity contribution in [3.8, 4) is 11.8 Å². The van der Waals surface area contributed by atoms with Crippen molar-refractivity contribution in [2.45, 2.75) is 32.4 Å². The molecule has 1 atom stereocenters. The van der Waals surface area contributed by atoms with Crippen LogP contribution in [0.25, 0.3) is 0 Å². The molecule has 1 heterocycles. The fourth-order valence-corrected chi connectivity index (χ4v) is 2.43. The normalized spacial score (nSPS) is 12.3. The Balaban J connectivity index is 2.52. The number of aliphatic hydroxyl groups excluding tert-OH is 2. The van der Waals surface area contributed by atoms with Gasteiger partial charge in [0.15, 0.2) is 0 Å². The van der Waals surface area contributed by atoms with Crippen LogP contribution in [0.4, 0.5) is 0 Å². The van der Waals surface area contributed by atoms with E-state index in [9.17, 15) is 5.11 Å². The summed E-state index contributed by atoms with van der Waals surface area (Å²) in [5.41, 5.74) is 1.05. The highest BCUT2D eigenvalue weighted by atomic mass is 32.1. The van der Waals surface area contributed by atoms with Crippen LogP contribution >= 0.6 is 11.3 Å². The summed E-state index contributed by atoms with van der Waals surface area (Å²) < 4.78 is 0. The van der Waals surface area contributed by atoms with E-state index >= 15 is 0 Å². The molecular formula is C14H21NO2S. The maximum absolute atomic E-state index is 9.26. The number of hydrogen-bond donors (Lipinski definition) is 2. The molecule has 3 nitrogen and oxygen atoms in total. The molecule has 18 heavy (non-hydrogen) atoms. The molecule has 0 saturated heterocycles. The fraction of sp³-hybridized carbons (Fsp3) is 0.571. The third-order valence-electron chi connectivity index (χ3n) is 2.55. The molecule has 1 aromatic rings. The average Bonchev–Trinajstić information content (AvgIpc) is 2.74. The van der Waals surface area contributed by atoms with Gasteiger partial charge in [-0.25, -0.2) is 0 Å². The Morgan fingerprint density at radius 1 is 1.50 bits per heavy atom. The Hall–Kier alpha value is -0.860. The molecule has 100 valence electrons. The number of thiophene rings is 1. The minimum Gasteiger partial charge on any atom is -0.395 e. The molecule has 1 unspecified atom stereocenters. The molecule has 0 bridgehead atoms. The average molecular weight is 267 g/mol. The van der Waals surface area contributed by atoms with Crippen molar-refractivity contribution in [1.29, 1.82) is 0 Å². The van der Waals surface area contributed by atoms with Gasteiger partial charge in [-0.1, -0.05) is 11.8 Å². The molecule has 1 aromatic heterocycles. The molecule has 0 aliphatic rings. The number of nitrogens with zero attached hydrogens (tertiary/aromatic N) is 1. The van der Waals surface area contributed by atoms with Crippen molar-refractivity contribution in [3.05, 3.63) is 21.9 Å². The van der Waals surface area contributed by atoms with Gasteiger partial charge in [-0.15, -0.1) is 11.3 Å². The van der Waals surface area contributed by atoms with Gasteiger partial charge in [0.2, 0.25) is 0 Å². The van der Waals surface area contributed by atoms with Gasteiger partial charge in [-0.3, -0.25) is 0 Å². The van der Waals surface area contributed by atoms with Gasteiger partial charge in [0.05, 0.1) is 12.7 Å². The topological polar surface area (TPSA) is 43.7 Å². The monoisotopic (exact) mass is 267 g/mol. The second kappa shape index (κ2) is 8.28. The quantitative estimate of drug-likeness (QED) is 0.771. The Bertz CT molecular complexity index is 403. The third kappa shape index (κ3) is 5.65. The minimum atomic E-state index is -0.250. The Morgan fingerprint density at radius 2 is 2.28 bits per heavy atom. The lowest BCUT2D eigenvalue weighted by Gasteiger charge is -2.16. The molecular weight excluding hydrogens is 246 g/mol. The van der Waals surface area contributed by atoms with Gasteiger partial charge in [-0.05, 0) is 31.8 Å². The number of aliphatic hydroxyl groups is 2. The summed E-state index contributed by atoms with van der Waals surface area (Å²) in [7, 11) is 2.05. The first-order valence-electron chi connectivity index (χ1n) is 6.16. The smallest absolute Gasteiger partial charge is 0.0540 e. The summed E-state index contributed by atoms with van der Waals surface area (Å²) in [6, 6.07) is 2.02. The van der Waals surface area contributed by atoms with Crippen LogP contribution in [0.15, 0.2) is 11.4 Å². The fourth-order valence-electron chi connectivity index (χ4n) is 1.52. The zero-order valence-electron chi connectivity index (χ0n) is 11.0. The standard InChI is InChI=1S/C14H21NO2S/c1-12(17)6-8-15(2)11-14-13(7-10-18-14)5-3-4-9-16/h7,10,12,16-17H,4,6,8-9,11H2,1-2H3. The van der Waals surface area contributed by atoms with Crippen molar-refractivity contribution in [2.24, 2.45) is 0 Å². The molecule has 0 amide bonds. The number of rotatable bonds is 6. The zero-order valence-corrected chi connectivity index (χ0v) is 11.8. The summed E-state index contributed by atoms with van der Waals surface area (Å²) in [5.74, 6) is 6.04. The lowest BCUT2D eigenvalue weighted by molar-refractivity contribution is 0.163. The van der Waals surface area contributed by atoms with Crippen molar-refractivity contribution >= 4 is 11.3 Å². The maximum atomic E-state index is 9.26. The van der Waals surface area contributed by atoms with Gasteiger partial charge in [0.25, 0.3) is 0 Å². The highest BCUT2D eigenvalue weighted by molar-refractivity contribution is 7.10. The van der Waals surface area contributed by atoms with E-state index in [1.54, 1.807) is 11.3 Å². The van der Waals surface area contributed by atoms with Gasteiger partial charge >= 0.3 is 0 Å². The molecule has 0 aliphatic heterocycles. The zero-order chi connectivity index (χ0) is 13.4. The van der Waals surface area contributed by atoms with Crippen LogP contribution in [0, 0.1) is 11.8 Å². The van der Waals surface area contributed by atoms with Gasteiger partial charge in [0.1, 0.15) is 0 Å². The van der Waals surface area contributed by atoms with Crippen molar-refractivity contribution < 1.29 is 10.2 Å². The first kappa shape index (κ1) is 15.2. The summed E-state index contributed by atoms with van der Waals surface area (Å²) >= 11 is 1.70. The van der Waals surface area contributed by atoms with E-state index in [1.165, 1.54) is 4.88 Å². The molecule has 0 aliphatic carbocycles. The van der Waals surface area contributed by atoms with Crippen LogP contribution in [-0.2, 0) is 6.54 Å². The molecule has 0 fully saturated rings. The molecule has 0 radical (unpaired) electrons. The first-order chi connectivity index (χ1) is 8.63. The minimum absolute atomic E-state index is 0.112. The first-order valence-corrected chi connectivity index (χ1v) is 7.04. The number of hydrogen-bond acceptors (Lipinski definition) is 4. The summed E-state index contributed by atoms with van der Waals surface area (Å²) in [5, 5.41) is 20.0. The lowest BCUT2D eigenvalue weighted by Crippen LogP contribution is -2.21. The molecule has 0 spiro atoms. The van der Waals surface area contributed by atoms with Crippen LogP contribution in [-0.4, -0.2) is 41.4 Å². The highest BCUT2D eigenvalue weighted by Gasteiger charge is 2.07. The van der Waals surface area contributed by atoms with E-state index in [1.807, 2.05) is 25.4 Å². The molecule has 2 N–H and O–H groups in total. The van der Waals surface area contributed by atoms with E-state index in [0.717, 1.165) is 25.1 Å². The van der Waals surface area contributed by atoms with Crippen LogP contribution in [0.3, 0.4) is 0 Å². The SMILES string of the molecule is CC(O)CCN(C)Cc1sccc1C#CCCO. The Morgan fingerprint density at radius 3 is 2.94 bits per heavy atom. The van der Waals surface area contributed by atoms with E-state index < -0.39 is 0 Å². The predicted molar refractivity (Wildman–Crippen MR) is 75.5 cm³/mol. The summed E-state index contributed by atoms with van der Waals surface area (Å²) in [4.78, 5) is 3.43. The third-order valence-corrected chi connectivity index (χ3v) is 3.45. The van der Waals surface area contributed by atoms with Crippen LogP contribution in [0.2, 0.25) is 0 Å². The van der Waals surface area contributed by atoms with Crippen molar-refractivity contribution in [2.75, 3.05) is 20.2 Å². The second-order valence-corrected chi connectivity index (χ2v) is 5.41. The van der Waals surface area contributed by atoms with Crippen molar-refractivity contribution in [3.63, 3.8) is 0 Å². The molecule has 0 aromatic carbocycles. The lowest BCUT2D eigenvalue weighted by atomic mass is 10.2. The highest BCUT2D eigenvalue weighted by Crippen LogP contribution is 2.17. The molecule has 1 rings (SSSR count). The van der Waals surface area contributed by atoms with Gasteiger partial charge in [0, 0.05) is 30.0 Å². The van der Waals surface area contributed by atoms with Crippen LogP contribution < -0.4 is 0 Å². The van der Waals surface area contributed by atoms with E-state index in [2.05, 4.69) is 16.7 Å². The summed E-state index contributed by atoms with van der Waals surface area (Å²) in [6.07, 6.45) is 1.06. The van der Waals surface area contributed by atoms with E-state index in [4.69, 9.17) is 5.11 Å². The van der Waals surface area contributed by atoms with Gasteiger partial charge < -0.3 is 15.1 Å². The largest absolute Gasteiger partial charge is 0.395 e. The van der Waals surface area contributed by atoms with Crippen molar-refractivity contribution in [1.82, 2.24) is 4.90 Å². The van der Waals surface area contributed by atoms with Crippen LogP contribution in [0.1, 0.15) is 30.2 Å². The maximum Gasteiger partial charge on any atom is 0.0540 e. The molecule has 4 heteroatoms.